The van der Waals surface area contributed by atoms with Crippen molar-refractivity contribution in [2.24, 2.45) is 0 Å². The van der Waals surface area contributed by atoms with Crippen LogP contribution < -0.4 is 9.62 Å². The van der Waals surface area contributed by atoms with E-state index in [2.05, 4.69) is 5.32 Å². The van der Waals surface area contributed by atoms with Gasteiger partial charge in [0.25, 0.3) is 0 Å². The first-order chi connectivity index (χ1) is 16.5. The van der Waals surface area contributed by atoms with E-state index in [0.717, 1.165) is 22.5 Å². The summed E-state index contributed by atoms with van der Waals surface area (Å²) in [4.78, 5) is 28.3. The maximum Gasteiger partial charge on any atom is 0.244 e. The summed E-state index contributed by atoms with van der Waals surface area (Å²) < 4.78 is 26.5. The van der Waals surface area contributed by atoms with E-state index in [9.17, 15) is 18.0 Å². The highest BCUT2D eigenvalue weighted by Crippen LogP contribution is 2.26. The Morgan fingerprint density at radius 1 is 1.06 bits per heavy atom. The summed E-state index contributed by atoms with van der Waals surface area (Å²) in [5, 5.41) is 3.33. The molecule has 7 nitrogen and oxygen atoms in total. The minimum absolute atomic E-state index is 0.0377. The van der Waals surface area contributed by atoms with Crippen LogP contribution in [0.5, 0.6) is 0 Å². The minimum Gasteiger partial charge on any atom is -0.352 e. The molecule has 0 spiro atoms. The van der Waals surface area contributed by atoms with Crippen molar-refractivity contribution in [3.8, 4) is 0 Å². The number of aryl methyl sites for hydroxylation is 1. The fourth-order valence-corrected chi connectivity index (χ4v) is 4.85. The zero-order valence-corrected chi connectivity index (χ0v) is 22.7. The number of carbonyl (C=O) groups excluding carboxylic acids is 2. The number of nitrogens with one attached hydrogen (secondary N) is 1. The molecule has 0 saturated carbocycles. The molecule has 0 aliphatic carbocycles. The van der Waals surface area contributed by atoms with Gasteiger partial charge < -0.3 is 10.2 Å². The molecule has 9 heteroatoms. The van der Waals surface area contributed by atoms with E-state index in [0.29, 0.717) is 29.1 Å². The van der Waals surface area contributed by atoms with Crippen LogP contribution in [0.25, 0.3) is 0 Å². The lowest BCUT2D eigenvalue weighted by molar-refractivity contribution is -0.139. The maximum atomic E-state index is 13.7. The van der Waals surface area contributed by atoms with Gasteiger partial charge in [-0.25, -0.2) is 8.42 Å². The Bertz CT molecular complexity index is 1110. The lowest BCUT2D eigenvalue weighted by Gasteiger charge is -2.33. The number of halogens is 1. The molecule has 0 saturated heterocycles. The van der Waals surface area contributed by atoms with Crippen LogP contribution in [-0.2, 0) is 26.0 Å². The molecule has 2 atom stereocenters. The topological polar surface area (TPSA) is 86.8 Å². The molecule has 0 bridgehead atoms. The number of hydrogen-bond donors (Lipinski definition) is 1. The Kier molecular flexibility index (Phi) is 10.6. The zero-order chi connectivity index (χ0) is 26.2. The second kappa shape index (κ2) is 12.9. The van der Waals surface area contributed by atoms with Crippen LogP contribution in [0.2, 0.25) is 5.02 Å². The average Bonchev–Trinajstić information content (AvgIpc) is 2.81. The van der Waals surface area contributed by atoms with Crippen LogP contribution in [0.4, 0.5) is 5.69 Å². The van der Waals surface area contributed by atoms with E-state index in [1.807, 2.05) is 51.1 Å². The van der Waals surface area contributed by atoms with Crippen molar-refractivity contribution in [1.82, 2.24) is 10.2 Å². The van der Waals surface area contributed by atoms with Crippen LogP contribution >= 0.6 is 11.6 Å². The van der Waals surface area contributed by atoms with Crippen molar-refractivity contribution in [3.63, 3.8) is 0 Å². The van der Waals surface area contributed by atoms with Crippen molar-refractivity contribution in [3.05, 3.63) is 64.7 Å². The molecule has 192 valence electrons. The molecule has 0 radical (unpaired) electrons. The third kappa shape index (κ3) is 8.25. The molecular weight excluding hydrogens is 486 g/mol. The molecule has 2 rings (SSSR count). The third-order valence-electron chi connectivity index (χ3n) is 5.99. The van der Waals surface area contributed by atoms with Crippen LogP contribution in [0, 0.1) is 6.92 Å². The van der Waals surface area contributed by atoms with E-state index in [1.54, 1.807) is 19.1 Å². The smallest absolute Gasteiger partial charge is 0.244 e. The highest BCUT2D eigenvalue weighted by Gasteiger charge is 2.32. The monoisotopic (exact) mass is 521 g/mol. The highest BCUT2D eigenvalue weighted by molar-refractivity contribution is 7.92. The summed E-state index contributed by atoms with van der Waals surface area (Å²) in [6.45, 7) is 7.34. The van der Waals surface area contributed by atoms with Gasteiger partial charge >= 0.3 is 0 Å². The van der Waals surface area contributed by atoms with Gasteiger partial charge in [0.1, 0.15) is 12.6 Å². The van der Waals surface area contributed by atoms with Crippen molar-refractivity contribution >= 4 is 39.1 Å². The van der Waals surface area contributed by atoms with E-state index in [-0.39, 0.29) is 18.5 Å². The molecule has 0 aliphatic heterocycles. The van der Waals surface area contributed by atoms with Gasteiger partial charge in [0.2, 0.25) is 21.8 Å². The number of benzene rings is 2. The zero-order valence-electron chi connectivity index (χ0n) is 21.1. The molecule has 2 aromatic rings. The first kappa shape index (κ1) is 28.7. The largest absolute Gasteiger partial charge is 0.352 e. The summed E-state index contributed by atoms with van der Waals surface area (Å²) in [6.07, 6.45) is 2.75. The highest BCUT2D eigenvalue weighted by atomic mass is 35.5. The van der Waals surface area contributed by atoms with E-state index in [1.165, 1.54) is 11.0 Å². The van der Waals surface area contributed by atoms with Gasteiger partial charge in [-0.1, -0.05) is 61.8 Å². The van der Waals surface area contributed by atoms with Gasteiger partial charge in [-0.15, -0.1) is 0 Å². The first-order valence-corrected chi connectivity index (χ1v) is 14.1. The molecule has 0 unspecified atom stereocenters. The number of amides is 2. The second-order valence-corrected chi connectivity index (χ2v) is 11.1. The number of hydrogen-bond acceptors (Lipinski definition) is 4. The standard InChI is InChI=1S/C26H36ClN3O4S/c1-6-20(4)28-26(32)23(7-2)29(16-15-21-11-9-8-10-12-21)25(31)18-30(35(5,33)34)24-17-22(27)14-13-19(24)3/h8-14,17,20,23H,6-7,15-16,18H2,1-5H3,(H,28,32)/t20-,23-/m1/s1. The Labute approximate surface area is 214 Å². The molecule has 0 aliphatic rings. The fraction of sp³-hybridized carbons (Fsp3) is 0.462. The number of carbonyl (C=O) groups is 2. The van der Waals surface area contributed by atoms with Crippen molar-refractivity contribution in [2.75, 3.05) is 23.7 Å². The molecule has 0 heterocycles. The predicted octanol–water partition coefficient (Wildman–Crippen LogP) is 4.18. The van der Waals surface area contributed by atoms with Gasteiger partial charge in [0.15, 0.2) is 0 Å². The summed E-state index contributed by atoms with van der Waals surface area (Å²) in [7, 11) is -3.80. The lowest BCUT2D eigenvalue weighted by atomic mass is 10.1. The average molecular weight is 522 g/mol. The van der Waals surface area contributed by atoms with Crippen LogP contribution in [0.15, 0.2) is 48.5 Å². The molecule has 2 amide bonds. The summed E-state index contributed by atoms with van der Waals surface area (Å²) in [5.41, 5.74) is 2.03. The molecule has 0 fully saturated rings. The minimum atomic E-state index is -3.80. The predicted molar refractivity (Wildman–Crippen MR) is 142 cm³/mol. The summed E-state index contributed by atoms with van der Waals surface area (Å²) in [5.74, 6) is -0.690. The molecular formula is C26H36ClN3O4S. The number of rotatable bonds is 12. The SMILES string of the molecule is CC[C@@H](C)NC(=O)[C@@H](CC)N(CCc1ccccc1)C(=O)CN(c1cc(Cl)ccc1C)S(C)(=O)=O. The van der Waals surface area contributed by atoms with E-state index >= 15 is 0 Å². The van der Waals surface area contributed by atoms with Crippen LogP contribution in [0.3, 0.4) is 0 Å². The lowest BCUT2D eigenvalue weighted by Crippen LogP contribution is -2.54. The van der Waals surface area contributed by atoms with Gasteiger partial charge in [-0.3, -0.25) is 13.9 Å². The van der Waals surface area contributed by atoms with Gasteiger partial charge in [0.05, 0.1) is 11.9 Å². The number of sulfonamides is 1. The Morgan fingerprint density at radius 2 is 1.71 bits per heavy atom. The Morgan fingerprint density at radius 3 is 2.29 bits per heavy atom. The van der Waals surface area contributed by atoms with E-state index < -0.39 is 28.5 Å². The van der Waals surface area contributed by atoms with Crippen molar-refractivity contribution < 1.29 is 18.0 Å². The first-order valence-electron chi connectivity index (χ1n) is 11.9. The van der Waals surface area contributed by atoms with Crippen LogP contribution in [-0.4, -0.2) is 56.6 Å². The summed E-state index contributed by atoms with van der Waals surface area (Å²) in [6, 6.07) is 13.8. The molecule has 1 N–H and O–H groups in total. The number of nitrogens with zero attached hydrogens (tertiary/aromatic N) is 2. The third-order valence-corrected chi connectivity index (χ3v) is 7.35. The van der Waals surface area contributed by atoms with Crippen molar-refractivity contribution in [1.29, 1.82) is 0 Å². The molecule has 35 heavy (non-hydrogen) atoms. The maximum absolute atomic E-state index is 13.7. The van der Waals surface area contributed by atoms with Gasteiger partial charge in [0, 0.05) is 17.6 Å². The van der Waals surface area contributed by atoms with Crippen LogP contribution in [0.1, 0.15) is 44.7 Å². The summed E-state index contributed by atoms with van der Waals surface area (Å²) >= 11 is 6.13. The Balaban J connectivity index is 2.40. The number of anilines is 1. The normalized spacial score (nSPS) is 13.1. The molecule has 0 aromatic heterocycles. The fourth-order valence-electron chi connectivity index (χ4n) is 3.78. The van der Waals surface area contributed by atoms with Gasteiger partial charge in [-0.2, -0.15) is 0 Å². The van der Waals surface area contributed by atoms with E-state index in [4.69, 9.17) is 11.6 Å². The van der Waals surface area contributed by atoms with Crippen molar-refractivity contribution in [2.45, 2.75) is 59.0 Å². The Hall–Kier alpha value is -2.58. The quantitative estimate of drug-likeness (QED) is 0.454. The van der Waals surface area contributed by atoms with Gasteiger partial charge in [-0.05, 0) is 56.4 Å². The molecule has 2 aromatic carbocycles. The second-order valence-electron chi connectivity index (χ2n) is 8.77.